The minimum absolute atomic E-state index is 0.136. The van der Waals surface area contributed by atoms with Gasteiger partial charge in [-0.2, -0.15) is 0 Å². The standard InChI is InChI=1S/C15H28N2O3/c1-4-8-12(15(19)20)16-14(18)13(11(2)3)17-9-6-5-7-10-17/h11-13H,4-10H2,1-3H3,(H,16,18)(H,19,20). The topological polar surface area (TPSA) is 69.6 Å². The van der Waals surface area contributed by atoms with Gasteiger partial charge < -0.3 is 10.4 Å². The van der Waals surface area contributed by atoms with Crippen LogP contribution >= 0.6 is 0 Å². The van der Waals surface area contributed by atoms with E-state index in [0.717, 1.165) is 32.4 Å². The molecule has 2 N–H and O–H groups in total. The van der Waals surface area contributed by atoms with Crippen LogP contribution in [0.4, 0.5) is 0 Å². The number of nitrogens with zero attached hydrogens (tertiary/aromatic N) is 1. The van der Waals surface area contributed by atoms with E-state index in [0.29, 0.717) is 6.42 Å². The average Bonchev–Trinajstić information content (AvgIpc) is 2.39. The maximum absolute atomic E-state index is 12.5. The lowest BCUT2D eigenvalue weighted by Crippen LogP contribution is -2.54. The van der Waals surface area contributed by atoms with Gasteiger partial charge in [-0.1, -0.05) is 33.6 Å². The molecule has 1 heterocycles. The molecule has 1 amide bonds. The first-order valence-corrected chi connectivity index (χ1v) is 7.74. The number of carboxylic acids is 1. The number of hydrogen-bond donors (Lipinski definition) is 2. The zero-order chi connectivity index (χ0) is 15.1. The van der Waals surface area contributed by atoms with Gasteiger partial charge in [-0.25, -0.2) is 4.79 Å². The monoisotopic (exact) mass is 284 g/mol. The Hall–Kier alpha value is -1.10. The molecule has 1 rings (SSSR count). The minimum atomic E-state index is -0.943. The third-order valence-corrected chi connectivity index (χ3v) is 3.88. The highest BCUT2D eigenvalue weighted by atomic mass is 16.4. The normalized spacial score (nSPS) is 19.6. The predicted octanol–water partition coefficient (Wildman–Crippen LogP) is 1.87. The fraction of sp³-hybridized carbons (Fsp3) is 0.867. The van der Waals surface area contributed by atoms with Crippen molar-refractivity contribution < 1.29 is 14.7 Å². The van der Waals surface area contributed by atoms with Gasteiger partial charge in [-0.15, -0.1) is 0 Å². The van der Waals surface area contributed by atoms with Crippen LogP contribution in [0.15, 0.2) is 0 Å². The second-order valence-electron chi connectivity index (χ2n) is 5.97. The average molecular weight is 284 g/mol. The first kappa shape index (κ1) is 17.0. The van der Waals surface area contributed by atoms with Crippen LogP contribution in [0.2, 0.25) is 0 Å². The maximum atomic E-state index is 12.5. The Balaban J connectivity index is 2.70. The summed E-state index contributed by atoms with van der Waals surface area (Å²) in [6, 6.07) is -0.979. The molecule has 0 aromatic heterocycles. The van der Waals surface area contributed by atoms with Crippen molar-refractivity contribution in [3.63, 3.8) is 0 Å². The summed E-state index contributed by atoms with van der Waals surface area (Å²) in [7, 11) is 0. The lowest BCUT2D eigenvalue weighted by molar-refractivity contribution is -0.143. The molecule has 0 bridgehead atoms. The van der Waals surface area contributed by atoms with Gasteiger partial charge in [0.1, 0.15) is 6.04 Å². The molecule has 1 aliphatic heterocycles. The molecular formula is C15H28N2O3. The van der Waals surface area contributed by atoms with Crippen LogP contribution in [0.25, 0.3) is 0 Å². The Bertz CT molecular complexity index is 325. The summed E-state index contributed by atoms with van der Waals surface area (Å²) in [6.45, 7) is 7.83. The van der Waals surface area contributed by atoms with E-state index in [9.17, 15) is 9.59 Å². The number of nitrogens with one attached hydrogen (secondary N) is 1. The molecule has 1 fully saturated rings. The third-order valence-electron chi connectivity index (χ3n) is 3.88. The van der Waals surface area contributed by atoms with E-state index in [4.69, 9.17) is 5.11 Å². The van der Waals surface area contributed by atoms with Crippen molar-refractivity contribution in [1.29, 1.82) is 0 Å². The SMILES string of the molecule is CCCC(NC(=O)C(C(C)C)N1CCCCC1)C(=O)O. The molecule has 2 atom stereocenters. The van der Waals surface area contributed by atoms with Crippen LogP contribution in [0, 0.1) is 5.92 Å². The number of amides is 1. The van der Waals surface area contributed by atoms with Gasteiger partial charge in [0.05, 0.1) is 6.04 Å². The third kappa shape index (κ3) is 4.78. The Labute approximate surface area is 121 Å². The Morgan fingerprint density at radius 3 is 2.25 bits per heavy atom. The molecule has 2 unspecified atom stereocenters. The largest absolute Gasteiger partial charge is 0.480 e. The van der Waals surface area contributed by atoms with E-state index in [2.05, 4.69) is 10.2 Å². The van der Waals surface area contributed by atoms with Crippen molar-refractivity contribution in [2.24, 2.45) is 5.92 Å². The van der Waals surface area contributed by atoms with Crippen LogP contribution in [0.3, 0.4) is 0 Å². The fourth-order valence-electron chi connectivity index (χ4n) is 2.89. The van der Waals surface area contributed by atoms with Crippen molar-refractivity contribution in [1.82, 2.24) is 10.2 Å². The van der Waals surface area contributed by atoms with Crippen LogP contribution in [0.1, 0.15) is 52.9 Å². The molecule has 5 nitrogen and oxygen atoms in total. The molecule has 0 aromatic rings. The quantitative estimate of drug-likeness (QED) is 0.749. The second-order valence-corrected chi connectivity index (χ2v) is 5.97. The van der Waals surface area contributed by atoms with Gasteiger partial charge in [0, 0.05) is 0 Å². The number of carbonyl (C=O) groups is 2. The molecule has 1 saturated heterocycles. The molecule has 0 radical (unpaired) electrons. The number of carboxylic acid groups (broad SMARTS) is 1. The van der Waals surface area contributed by atoms with E-state index < -0.39 is 12.0 Å². The van der Waals surface area contributed by atoms with E-state index in [1.165, 1.54) is 6.42 Å². The Kier molecular flexibility index (Phi) is 6.99. The summed E-state index contributed by atoms with van der Waals surface area (Å²) in [6.07, 6.45) is 4.68. The fourth-order valence-corrected chi connectivity index (χ4v) is 2.89. The van der Waals surface area contributed by atoms with Gasteiger partial charge in [-0.05, 0) is 38.3 Å². The smallest absolute Gasteiger partial charge is 0.326 e. The summed E-state index contributed by atoms with van der Waals surface area (Å²) in [5.74, 6) is -0.895. The van der Waals surface area contributed by atoms with Crippen LogP contribution in [-0.4, -0.2) is 47.1 Å². The molecule has 0 aliphatic carbocycles. The second kappa shape index (κ2) is 8.25. The number of rotatable bonds is 7. The summed E-state index contributed by atoms with van der Waals surface area (Å²) in [5.41, 5.74) is 0. The number of carbonyl (C=O) groups excluding carboxylic acids is 1. The molecule has 0 saturated carbocycles. The highest BCUT2D eigenvalue weighted by molar-refractivity contribution is 5.87. The highest BCUT2D eigenvalue weighted by Gasteiger charge is 2.32. The van der Waals surface area contributed by atoms with Gasteiger partial charge in [-0.3, -0.25) is 9.69 Å². The zero-order valence-electron chi connectivity index (χ0n) is 12.9. The first-order chi connectivity index (χ1) is 9.47. The van der Waals surface area contributed by atoms with Crippen molar-refractivity contribution >= 4 is 11.9 Å². The van der Waals surface area contributed by atoms with Gasteiger partial charge in [0.2, 0.25) is 5.91 Å². The van der Waals surface area contributed by atoms with E-state index >= 15 is 0 Å². The minimum Gasteiger partial charge on any atom is -0.480 e. The highest BCUT2D eigenvalue weighted by Crippen LogP contribution is 2.18. The van der Waals surface area contributed by atoms with Gasteiger partial charge in [0.15, 0.2) is 0 Å². The summed E-state index contributed by atoms with van der Waals surface area (Å²) < 4.78 is 0. The van der Waals surface area contributed by atoms with E-state index in [1.807, 2.05) is 20.8 Å². The Morgan fingerprint density at radius 2 is 1.80 bits per heavy atom. The molecular weight excluding hydrogens is 256 g/mol. The van der Waals surface area contributed by atoms with E-state index in [-0.39, 0.29) is 17.9 Å². The molecule has 116 valence electrons. The van der Waals surface area contributed by atoms with Crippen molar-refractivity contribution in [3.8, 4) is 0 Å². The molecule has 0 spiro atoms. The van der Waals surface area contributed by atoms with Crippen LogP contribution in [-0.2, 0) is 9.59 Å². The first-order valence-electron chi connectivity index (χ1n) is 7.74. The number of aliphatic carboxylic acids is 1. The van der Waals surface area contributed by atoms with Crippen molar-refractivity contribution in [2.75, 3.05) is 13.1 Å². The van der Waals surface area contributed by atoms with Crippen molar-refractivity contribution in [3.05, 3.63) is 0 Å². The van der Waals surface area contributed by atoms with Crippen LogP contribution in [0.5, 0.6) is 0 Å². The maximum Gasteiger partial charge on any atom is 0.326 e. The summed E-state index contributed by atoms with van der Waals surface area (Å²) >= 11 is 0. The van der Waals surface area contributed by atoms with E-state index in [1.54, 1.807) is 0 Å². The number of hydrogen-bond acceptors (Lipinski definition) is 3. The predicted molar refractivity (Wildman–Crippen MR) is 78.5 cm³/mol. The van der Waals surface area contributed by atoms with Crippen molar-refractivity contribution in [2.45, 2.75) is 65.0 Å². The summed E-state index contributed by atoms with van der Waals surface area (Å²) in [5, 5.41) is 11.9. The number of piperidine rings is 1. The van der Waals surface area contributed by atoms with Crippen LogP contribution < -0.4 is 5.32 Å². The lowest BCUT2D eigenvalue weighted by atomic mass is 9.98. The number of likely N-dealkylation sites (tertiary alicyclic amines) is 1. The van der Waals surface area contributed by atoms with Gasteiger partial charge in [0.25, 0.3) is 0 Å². The zero-order valence-corrected chi connectivity index (χ0v) is 12.9. The summed E-state index contributed by atoms with van der Waals surface area (Å²) in [4.78, 5) is 25.8. The molecule has 0 aromatic carbocycles. The van der Waals surface area contributed by atoms with Gasteiger partial charge >= 0.3 is 5.97 Å². The Morgan fingerprint density at radius 1 is 1.20 bits per heavy atom. The molecule has 1 aliphatic rings. The molecule has 20 heavy (non-hydrogen) atoms. The lowest BCUT2D eigenvalue weighted by Gasteiger charge is -2.36. The molecule has 5 heteroatoms.